The van der Waals surface area contributed by atoms with E-state index in [1.807, 2.05) is 12.1 Å². The number of rotatable bonds is 4. The molecule has 0 fully saturated rings. The van der Waals surface area contributed by atoms with Gasteiger partial charge in [-0.3, -0.25) is 15.1 Å². The number of likely N-dealkylation sites (N-methyl/N-ethyl adjacent to an activating group) is 1. The smallest absolute Gasteiger partial charge is 0.257 e. The van der Waals surface area contributed by atoms with Gasteiger partial charge in [0.25, 0.3) is 5.91 Å². The fourth-order valence-corrected chi connectivity index (χ4v) is 3.85. The number of ether oxygens (including phenoxy) is 1. The monoisotopic (exact) mass is 366 g/mol. The van der Waals surface area contributed by atoms with Gasteiger partial charge in [-0.2, -0.15) is 0 Å². The maximum absolute atomic E-state index is 12.5. The van der Waals surface area contributed by atoms with Gasteiger partial charge >= 0.3 is 0 Å². The number of pyridine rings is 1. The summed E-state index contributed by atoms with van der Waals surface area (Å²) < 4.78 is 5.69. The first-order chi connectivity index (χ1) is 12.7. The zero-order valence-corrected chi connectivity index (χ0v) is 15.1. The van der Waals surface area contributed by atoms with Crippen molar-refractivity contribution >= 4 is 22.4 Å². The van der Waals surface area contributed by atoms with Crippen LogP contribution in [0.3, 0.4) is 0 Å². The number of nitrogens with one attached hydrogen (secondary N) is 1. The first-order valence-corrected chi connectivity index (χ1v) is 9.15. The van der Waals surface area contributed by atoms with E-state index in [2.05, 4.69) is 27.2 Å². The molecule has 0 atom stereocenters. The Morgan fingerprint density at radius 3 is 2.85 bits per heavy atom. The predicted molar refractivity (Wildman–Crippen MR) is 101 cm³/mol. The summed E-state index contributed by atoms with van der Waals surface area (Å²) in [6.07, 6.45) is 4.26. The van der Waals surface area contributed by atoms with E-state index < -0.39 is 0 Å². The number of aromatic nitrogens is 2. The highest BCUT2D eigenvalue weighted by Gasteiger charge is 2.19. The normalized spacial score (nSPS) is 13.9. The Kier molecular flexibility index (Phi) is 4.64. The molecule has 0 saturated carbocycles. The van der Waals surface area contributed by atoms with Crippen molar-refractivity contribution in [2.75, 3.05) is 18.9 Å². The number of hydrogen-bond donors (Lipinski definition) is 1. The van der Waals surface area contributed by atoms with E-state index in [9.17, 15) is 4.79 Å². The molecule has 3 aromatic rings. The first-order valence-electron chi connectivity index (χ1n) is 8.34. The quantitative estimate of drug-likeness (QED) is 0.765. The van der Waals surface area contributed by atoms with Crippen molar-refractivity contribution in [2.45, 2.75) is 13.0 Å². The number of carbonyl (C=O) groups excluding carboxylic acids is 1. The van der Waals surface area contributed by atoms with Crippen molar-refractivity contribution in [2.24, 2.45) is 0 Å². The van der Waals surface area contributed by atoms with E-state index in [4.69, 9.17) is 4.74 Å². The molecule has 26 heavy (non-hydrogen) atoms. The fraction of sp³-hybridized carbons (Fsp3) is 0.211. The predicted octanol–water partition coefficient (Wildman–Crippen LogP) is 3.57. The second-order valence-corrected chi connectivity index (χ2v) is 7.23. The molecule has 3 heterocycles. The molecule has 1 aliphatic heterocycles. The lowest BCUT2D eigenvalue weighted by molar-refractivity contribution is 0.102. The van der Waals surface area contributed by atoms with Crippen molar-refractivity contribution in [3.05, 3.63) is 64.9 Å². The second kappa shape index (κ2) is 7.23. The molecule has 1 N–H and O–H groups in total. The number of benzene rings is 1. The molecular formula is C19H18N4O2S. The Labute approximate surface area is 155 Å². The standard InChI is InChI=1S/C19H18N4O2S/c1-23-10-8-16-17(12-23)26-19(21-16)22-18(24)13-4-6-14(7-5-13)25-15-3-2-9-20-11-15/h2-7,9,11H,8,10,12H2,1H3,(H,21,22,24). The number of anilines is 1. The highest BCUT2D eigenvalue weighted by Crippen LogP contribution is 2.28. The average Bonchev–Trinajstić information content (AvgIpc) is 3.04. The van der Waals surface area contributed by atoms with Gasteiger partial charge in [-0.1, -0.05) is 0 Å². The lowest BCUT2D eigenvalue weighted by Crippen LogP contribution is -2.25. The molecule has 0 bridgehead atoms. The third-order valence-corrected chi connectivity index (χ3v) is 5.13. The van der Waals surface area contributed by atoms with Gasteiger partial charge in [-0.05, 0) is 43.4 Å². The van der Waals surface area contributed by atoms with Crippen LogP contribution in [0.5, 0.6) is 11.5 Å². The highest BCUT2D eigenvalue weighted by atomic mass is 32.1. The summed E-state index contributed by atoms with van der Waals surface area (Å²) in [4.78, 5) is 24.5. The van der Waals surface area contributed by atoms with Gasteiger partial charge in [0.2, 0.25) is 0 Å². The van der Waals surface area contributed by atoms with E-state index in [0.29, 0.717) is 22.2 Å². The summed E-state index contributed by atoms with van der Waals surface area (Å²) in [5.74, 6) is 1.14. The minimum atomic E-state index is -0.169. The zero-order valence-electron chi connectivity index (χ0n) is 14.3. The topological polar surface area (TPSA) is 67.4 Å². The van der Waals surface area contributed by atoms with Crippen molar-refractivity contribution in [3.8, 4) is 11.5 Å². The van der Waals surface area contributed by atoms with Crippen LogP contribution in [-0.4, -0.2) is 34.4 Å². The second-order valence-electron chi connectivity index (χ2n) is 6.15. The lowest BCUT2D eigenvalue weighted by atomic mass is 10.2. The maximum Gasteiger partial charge on any atom is 0.257 e. The molecule has 0 saturated heterocycles. The molecule has 0 unspecified atom stereocenters. The van der Waals surface area contributed by atoms with Gasteiger partial charge in [0.05, 0.1) is 11.9 Å². The summed E-state index contributed by atoms with van der Waals surface area (Å²) in [5, 5.41) is 3.56. The zero-order chi connectivity index (χ0) is 17.9. The van der Waals surface area contributed by atoms with Crippen molar-refractivity contribution in [1.82, 2.24) is 14.9 Å². The number of carbonyl (C=O) groups is 1. The molecular weight excluding hydrogens is 348 g/mol. The fourth-order valence-electron chi connectivity index (χ4n) is 2.76. The third-order valence-electron chi connectivity index (χ3n) is 4.13. The summed E-state index contributed by atoms with van der Waals surface area (Å²) in [7, 11) is 2.09. The van der Waals surface area contributed by atoms with E-state index in [1.165, 1.54) is 4.88 Å². The van der Waals surface area contributed by atoms with Crippen LogP contribution >= 0.6 is 11.3 Å². The molecule has 0 radical (unpaired) electrons. The maximum atomic E-state index is 12.5. The summed E-state index contributed by atoms with van der Waals surface area (Å²) in [5.41, 5.74) is 1.66. The minimum absolute atomic E-state index is 0.169. The molecule has 132 valence electrons. The van der Waals surface area contributed by atoms with Crippen LogP contribution in [0, 0.1) is 0 Å². The number of fused-ring (bicyclic) bond motifs is 1. The first kappa shape index (κ1) is 16.7. The highest BCUT2D eigenvalue weighted by molar-refractivity contribution is 7.15. The van der Waals surface area contributed by atoms with E-state index in [-0.39, 0.29) is 5.91 Å². The van der Waals surface area contributed by atoms with Crippen molar-refractivity contribution in [1.29, 1.82) is 0 Å². The molecule has 1 amide bonds. The van der Waals surface area contributed by atoms with E-state index in [0.717, 1.165) is 25.2 Å². The van der Waals surface area contributed by atoms with Gasteiger partial charge in [-0.15, -0.1) is 11.3 Å². The minimum Gasteiger partial charge on any atom is -0.456 e. The van der Waals surface area contributed by atoms with E-state index in [1.54, 1.807) is 48.0 Å². The average molecular weight is 366 g/mol. The molecule has 1 aliphatic rings. The Morgan fingerprint density at radius 1 is 1.23 bits per heavy atom. The van der Waals surface area contributed by atoms with Gasteiger partial charge < -0.3 is 9.64 Å². The number of amides is 1. The molecule has 6 nitrogen and oxygen atoms in total. The largest absolute Gasteiger partial charge is 0.456 e. The van der Waals surface area contributed by atoms with Crippen LogP contribution in [0.25, 0.3) is 0 Å². The van der Waals surface area contributed by atoms with Crippen LogP contribution in [0.2, 0.25) is 0 Å². The van der Waals surface area contributed by atoms with Gasteiger partial charge in [0, 0.05) is 36.1 Å². The Bertz CT molecular complexity index is 909. The molecule has 0 spiro atoms. The number of thiazole rings is 1. The summed E-state index contributed by atoms with van der Waals surface area (Å²) in [6, 6.07) is 10.6. The summed E-state index contributed by atoms with van der Waals surface area (Å²) >= 11 is 1.55. The Morgan fingerprint density at radius 2 is 2.08 bits per heavy atom. The van der Waals surface area contributed by atoms with Gasteiger partial charge in [-0.25, -0.2) is 4.98 Å². The molecule has 4 rings (SSSR count). The summed E-state index contributed by atoms with van der Waals surface area (Å²) in [6.45, 7) is 1.89. The number of hydrogen-bond acceptors (Lipinski definition) is 6. The van der Waals surface area contributed by atoms with Crippen molar-refractivity contribution < 1.29 is 9.53 Å². The molecule has 0 aliphatic carbocycles. The lowest BCUT2D eigenvalue weighted by Gasteiger charge is -2.20. The molecule has 1 aromatic carbocycles. The SMILES string of the molecule is CN1CCc2nc(NC(=O)c3ccc(Oc4cccnc4)cc3)sc2C1. The molecule has 7 heteroatoms. The Hall–Kier alpha value is -2.77. The number of nitrogens with zero attached hydrogens (tertiary/aromatic N) is 3. The molecule has 2 aromatic heterocycles. The van der Waals surface area contributed by atoms with Crippen LogP contribution in [0.1, 0.15) is 20.9 Å². The van der Waals surface area contributed by atoms with Gasteiger partial charge in [0.15, 0.2) is 5.13 Å². The van der Waals surface area contributed by atoms with Crippen molar-refractivity contribution in [3.63, 3.8) is 0 Å². The van der Waals surface area contributed by atoms with Crippen LogP contribution in [0.4, 0.5) is 5.13 Å². The Balaban J connectivity index is 1.42. The van der Waals surface area contributed by atoms with E-state index >= 15 is 0 Å². The van der Waals surface area contributed by atoms with Gasteiger partial charge in [0.1, 0.15) is 11.5 Å². The van der Waals surface area contributed by atoms with Crippen LogP contribution in [0.15, 0.2) is 48.8 Å². The van der Waals surface area contributed by atoms with Crippen LogP contribution in [-0.2, 0) is 13.0 Å². The van der Waals surface area contributed by atoms with Crippen LogP contribution < -0.4 is 10.1 Å². The third kappa shape index (κ3) is 3.74.